The van der Waals surface area contributed by atoms with E-state index in [2.05, 4.69) is 46.4 Å². The summed E-state index contributed by atoms with van der Waals surface area (Å²) in [5.41, 5.74) is 1.90. The van der Waals surface area contributed by atoms with E-state index in [1.807, 2.05) is 18.2 Å². The van der Waals surface area contributed by atoms with Crippen molar-refractivity contribution in [2.75, 3.05) is 11.9 Å². The Bertz CT molecular complexity index is 1090. The van der Waals surface area contributed by atoms with Gasteiger partial charge in [0.05, 0.1) is 0 Å². The van der Waals surface area contributed by atoms with Crippen LogP contribution in [0, 0.1) is 5.92 Å². The summed E-state index contributed by atoms with van der Waals surface area (Å²) in [6.45, 7) is 7.12. The molecule has 0 bridgehead atoms. The van der Waals surface area contributed by atoms with Crippen molar-refractivity contribution >= 4 is 22.6 Å². The molecule has 160 valence electrons. The number of fused-ring (bicyclic) bond motifs is 2. The Morgan fingerprint density at radius 1 is 1.23 bits per heavy atom. The van der Waals surface area contributed by atoms with Crippen molar-refractivity contribution in [3.63, 3.8) is 0 Å². The van der Waals surface area contributed by atoms with Crippen molar-refractivity contribution in [1.29, 1.82) is 0 Å². The minimum atomic E-state index is -0.243. The first kappa shape index (κ1) is 20.3. The van der Waals surface area contributed by atoms with Crippen molar-refractivity contribution in [3.05, 3.63) is 46.8 Å². The highest BCUT2D eigenvalue weighted by molar-refractivity contribution is 5.92. The van der Waals surface area contributed by atoms with Gasteiger partial charge in [-0.2, -0.15) is 5.10 Å². The van der Waals surface area contributed by atoms with Crippen molar-refractivity contribution in [1.82, 2.24) is 24.2 Å². The maximum atomic E-state index is 12.3. The SMILES string of the molecule is CC(C)Cn1ccc2cc(NC(=O)NCCCn3nc4n(c3=O)CCCC4)ccc21. The van der Waals surface area contributed by atoms with Crippen LogP contribution in [0.1, 0.15) is 38.9 Å². The number of nitrogens with zero attached hydrogens (tertiary/aromatic N) is 4. The molecule has 3 aromatic rings. The van der Waals surface area contributed by atoms with Gasteiger partial charge in [0, 0.05) is 55.4 Å². The summed E-state index contributed by atoms with van der Waals surface area (Å²) in [7, 11) is 0. The van der Waals surface area contributed by atoms with Crippen molar-refractivity contribution < 1.29 is 4.79 Å². The van der Waals surface area contributed by atoms with Gasteiger partial charge in [0.2, 0.25) is 0 Å². The Morgan fingerprint density at radius 2 is 2.10 bits per heavy atom. The molecule has 30 heavy (non-hydrogen) atoms. The molecule has 0 radical (unpaired) electrons. The number of hydrogen-bond acceptors (Lipinski definition) is 3. The number of carbonyl (C=O) groups is 1. The Hall–Kier alpha value is -3.03. The van der Waals surface area contributed by atoms with Crippen LogP contribution >= 0.6 is 0 Å². The molecule has 8 nitrogen and oxygen atoms in total. The van der Waals surface area contributed by atoms with Crippen LogP contribution in [0.25, 0.3) is 10.9 Å². The van der Waals surface area contributed by atoms with E-state index in [0.29, 0.717) is 25.4 Å². The molecule has 4 rings (SSSR count). The van der Waals surface area contributed by atoms with Gasteiger partial charge in [-0.1, -0.05) is 13.8 Å². The number of hydrogen-bond donors (Lipinski definition) is 2. The van der Waals surface area contributed by atoms with Gasteiger partial charge >= 0.3 is 11.7 Å². The number of rotatable bonds is 7. The lowest BCUT2D eigenvalue weighted by Gasteiger charge is -2.10. The summed E-state index contributed by atoms with van der Waals surface area (Å²) >= 11 is 0. The van der Waals surface area contributed by atoms with Crippen LogP contribution in [0.2, 0.25) is 0 Å². The fourth-order valence-corrected chi connectivity index (χ4v) is 4.03. The number of aromatic nitrogens is 4. The Morgan fingerprint density at radius 3 is 2.90 bits per heavy atom. The minimum Gasteiger partial charge on any atom is -0.347 e. The Balaban J connectivity index is 1.27. The molecule has 2 amide bonds. The van der Waals surface area contributed by atoms with Crippen LogP contribution in [0.3, 0.4) is 0 Å². The van der Waals surface area contributed by atoms with E-state index in [1.165, 1.54) is 10.2 Å². The molecule has 0 saturated heterocycles. The highest BCUT2D eigenvalue weighted by atomic mass is 16.2. The maximum Gasteiger partial charge on any atom is 0.345 e. The Labute approximate surface area is 175 Å². The van der Waals surface area contributed by atoms with Gasteiger partial charge in [-0.05, 0) is 49.4 Å². The van der Waals surface area contributed by atoms with Crippen molar-refractivity contribution in [2.24, 2.45) is 5.92 Å². The molecule has 0 spiro atoms. The number of amides is 2. The Kier molecular flexibility index (Phi) is 5.92. The number of urea groups is 1. The molecule has 1 aromatic carbocycles. The number of carbonyl (C=O) groups excluding carboxylic acids is 1. The number of nitrogens with one attached hydrogen (secondary N) is 2. The van der Waals surface area contributed by atoms with E-state index >= 15 is 0 Å². The lowest BCUT2D eigenvalue weighted by molar-refractivity contribution is 0.251. The highest BCUT2D eigenvalue weighted by Crippen LogP contribution is 2.21. The third kappa shape index (κ3) is 4.42. The van der Waals surface area contributed by atoms with Crippen molar-refractivity contribution in [2.45, 2.75) is 59.2 Å². The molecule has 0 aliphatic carbocycles. The second kappa shape index (κ2) is 8.77. The second-order valence-corrected chi connectivity index (χ2v) is 8.40. The molecule has 8 heteroatoms. The first-order chi connectivity index (χ1) is 14.5. The van der Waals surface area contributed by atoms with Crippen LogP contribution in [0.5, 0.6) is 0 Å². The molecular formula is C22H30N6O2. The van der Waals surface area contributed by atoms with Gasteiger partial charge in [0.15, 0.2) is 0 Å². The maximum absolute atomic E-state index is 12.3. The number of benzene rings is 1. The lowest BCUT2D eigenvalue weighted by atomic mass is 10.2. The molecule has 1 aliphatic rings. The summed E-state index contributed by atoms with van der Waals surface area (Å²) in [5.74, 6) is 1.46. The van der Waals surface area contributed by atoms with Crippen LogP contribution in [0.15, 0.2) is 35.3 Å². The van der Waals surface area contributed by atoms with Crippen LogP contribution in [0.4, 0.5) is 10.5 Å². The number of anilines is 1. The summed E-state index contributed by atoms with van der Waals surface area (Å²) < 4.78 is 5.53. The predicted molar refractivity (Wildman–Crippen MR) is 118 cm³/mol. The van der Waals surface area contributed by atoms with Gasteiger partial charge in [0.25, 0.3) is 0 Å². The van der Waals surface area contributed by atoms with E-state index in [0.717, 1.165) is 49.2 Å². The first-order valence-corrected chi connectivity index (χ1v) is 10.8. The zero-order valence-electron chi connectivity index (χ0n) is 17.7. The molecule has 1 aliphatic heterocycles. The lowest BCUT2D eigenvalue weighted by Crippen LogP contribution is -2.31. The zero-order chi connectivity index (χ0) is 21.1. The summed E-state index contributed by atoms with van der Waals surface area (Å²) in [6, 6.07) is 7.78. The fraction of sp³-hybridized carbons (Fsp3) is 0.500. The smallest absolute Gasteiger partial charge is 0.345 e. The monoisotopic (exact) mass is 410 g/mol. The average Bonchev–Trinajstić information content (AvgIpc) is 3.26. The van der Waals surface area contributed by atoms with E-state index < -0.39 is 0 Å². The molecule has 0 atom stereocenters. The second-order valence-electron chi connectivity index (χ2n) is 8.40. The molecule has 0 fully saturated rings. The zero-order valence-corrected chi connectivity index (χ0v) is 17.7. The largest absolute Gasteiger partial charge is 0.347 e. The van der Waals surface area contributed by atoms with Gasteiger partial charge in [-0.3, -0.25) is 4.57 Å². The highest BCUT2D eigenvalue weighted by Gasteiger charge is 2.16. The molecule has 0 unspecified atom stereocenters. The molecular weight excluding hydrogens is 380 g/mol. The molecule has 3 heterocycles. The molecule has 2 aromatic heterocycles. The van der Waals surface area contributed by atoms with E-state index in [9.17, 15) is 9.59 Å². The summed E-state index contributed by atoms with van der Waals surface area (Å²) in [4.78, 5) is 24.5. The van der Waals surface area contributed by atoms with Gasteiger partial charge in [0.1, 0.15) is 5.82 Å². The van der Waals surface area contributed by atoms with Crippen molar-refractivity contribution in [3.8, 4) is 0 Å². The molecule has 0 saturated carbocycles. The molecule has 2 N–H and O–H groups in total. The van der Waals surface area contributed by atoms with Gasteiger partial charge in [-0.15, -0.1) is 0 Å². The van der Waals surface area contributed by atoms with Crippen LogP contribution < -0.4 is 16.3 Å². The van der Waals surface area contributed by atoms with E-state index in [1.54, 1.807) is 4.57 Å². The fourth-order valence-electron chi connectivity index (χ4n) is 4.03. The van der Waals surface area contributed by atoms with Gasteiger partial charge in [-0.25, -0.2) is 14.3 Å². The quantitative estimate of drug-likeness (QED) is 0.587. The minimum absolute atomic E-state index is 0.0353. The van der Waals surface area contributed by atoms with E-state index in [4.69, 9.17) is 0 Å². The summed E-state index contributed by atoms with van der Waals surface area (Å²) in [6.07, 6.45) is 5.74. The van der Waals surface area contributed by atoms with Gasteiger partial charge < -0.3 is 15.2 Å². The van der Waals surface area contributed by atoms with Crippen LogP contribution in [-0.4, -0.2) is 31.5 Å². The predicted octanol–water partition coefficient (Wildman–Crippen LogP) is 3.20. The van der Waals surface area contributed by atoms with E-state index in [-0.39, 0.29) is 11.7 Å². The standard InChI is InChI=1S/C22H30N6O2/c1-16(2)15-26-13-9-17-14-18(7-8-19(17)26)24-21(29)23-10-5-12-28-22(30)27-11-4-3-6-20(27)25-28/h7-9,13-14,16H,3-6,10-12,15H2,1-2H3,(H2,23,24,29). The third-order valence-electron chi connectivity index (χ3n) is 5.45. The van der Waals surface area contributed by atoms with Crippen LogP contribution in [-0.2, 0) is 26.1 Å². The first-order valence-electron chi connectivity index (χ1n) is 10.8. The third-order valence-corrected chi connectivity index (χ3v) is 5.45. The average molecular weight is 411 g/mol. The number of aryl methyl sites for hydroxylation is 2. The summed E-state index contributed by atoms with van der Waals surface area (Å²) in [5, 5.41) is 11.3. The normalized spacial score (nSPS) is 13.6. The topological polar surface area (TPSA) is 85.9 Å².